The molecule has 0 radical (unpaired) electrons. The van der Waals surface area contributed by atoms with E-state index in [4.69, 9.17) is 9.47 Å². The van der Waals surface area contributed by atoms with E-state index in [1.807, 2.05) is 0 Å². The Bertz CT molecular complexity index is 1220. The predicted molar refractivity (Wildman–Crippen MR) is 121 cm³/mol. The Morgan fingerprint density at radius 2 is 1.66 bits per heavy atom. The van der Waals surface area contributed by atoms with E-state index in [9.17, 15) is 27.9 Å². The van der Waals surface area contributed by atoms with E-state index in [2.05, 4.69) is 4.98 Å². The minimum absolute atomic E-state index is 0.0625. The first kappa shape index (κ1) is 25.7. The lowest BCUT2D eigenvalue weighted by Crippen LogP contribution is -2.28. The monoisotopic (exact) mass is 487 g/mol. The van der Waals surface area contributed by atoms with E-state index in [0.29, 0.717) is 5.56 Å². The second kappa shape index (κ2) is 11.0. The molecule has 0 bridgehead atoms. The van der Waals surface area contributed by atoms with Gasteiger partial charge in [-0.05, 0) is 36.2 Å². The van der Waals surface area contributed by atoms with Crippen molar-refractivity contribution in [1.82, 2.24) is 4.98 Å². The van der Waals surface area contributed by atoms with Gasteiger partial charge in [-0.3, -0.25) is 9.59 Å². The summed E-state index contributed by atoms with van der Waals surface area (Å²) in [5, 5.41) is 10.1. The van der Waals surface area contributed by atoms with Crippen LogP contribution in [0.15, 0.2) is 54.7 Å². The topological polar surface area (TPSA) is 85.7 Å². The number of methoxy groups -OCH3 is 1. The summed E-state index contributed by atoms with van der Waals surface area (Å²) in [4.78, 5) is 29.3. The Labute approximate surface area is 200 Å². The summed E-state index contributed by atoms with van der Waals surface area (Å²) in [6.45, 7) is 2.99. The molecular formula is C26H24F3NO5. The molecule has 0 saturated heterocycles. The highest BCUT2D eigenvalue weighted by Gasteiger charge is 2.30. The van der Waals surface area contributed by atoms with E-state index in [1.54, 1.807) is 0 Å². The van der Waals surface area contributed by atoms with Gasteiger partial charge < -0.3 is 14.6 Å². The quantitative estimate of drug-likeness (QED) is 0.331. The maximum Gasteiger partial charge on any atom is 0.309 e. The summed E-state index contributed by atoms with van der Waals surface area (Å²) in [6, 6.07) is 9.66. The highest BCUT2D eigenvalue weighted by Crippen LogP contribution is 2.33. The van der Waals surface area contributed by atoms with Crippen LogP contribution in [0.3, 0.4) is 0 Å². The molecule has 3 rings (SSSR count). The van der Waals surface area contributed by atoms with Crippen molar-refractivity contribution in [3.63, 3.8) is 0 Å². The van der Waals surface area contributed by atoms with Crippen LogP contribution in [0.1, 0.15) is 47.8 Å². The number of nitrogens with zero attached hydrogens (tertiary/aromatic N) is 1. The van der Waals surface area contributed by atoms with Gasteiger partial charge in [-0.1, -0.05) is 25.1 Å². The van der Waals surface area contributed by atoms with Crippen LogP contribution >= 0.6 is 0 Å². The molecule has 3 atom stereocenters. The zero-order valence-corrected chi connectivity index (χ0v) is 19.3. The smallest absolute Gasteiger partial charge is 0.309 e. The van der Waals surface area contributed by atoms with E-state index >= 15 is 0 Å². The summed E-state index contributed by atoms with van der Waals surface area (Å²) in [7, 11) is 1.33. The average molecular weight is 487 g/mol. The molecule has 1 heterocycles. The number of ether oxygens (including phenoxy) is 2. The summed E-state index contributed by atoms with van der Waals surface area (Å²) >= 11 is 0. The Kier molecular flexibility index (Phi) is 8.11. The fraction of sp³-hybridized carbons (Fsp3) is 0.269. The van der Waals surface area contributed by atoms with Gasteiger partial charge in [0.2, 0.25) is 0 Å². The number of hydrogen-bond donors (Lipinski definition) is 1. The molecule has 184 valence electrons. The molecule has 1 aromatic heterocycles. The fourth-order valence-electron chi connectivity index (χ4n) is 3.76. The molecule has 0 amide bonds. The number of aromatic nitrogens is 1. The molecule has 0 aliphatic carbocycles. The number of aromatic hydroxyl groups is 1. The molecule has 0 unspecified atom stereocenters. The van der Waals surface area contributed by atoms with Crippen LogP contribution in [0.25, 0.3) is 0 Å². The van der Waals surface area contributed by atoms with Crippen molar-refractivity contribution >= 4 is 11.8 Å². The van der Waals surface area contributed by atoms with Gasteiger partial charge >= 0.3 is 5.97 Å². The van der Waals surface area contributed by atoms with Crippen molar-refractivity contribution in [2.45, 2.75) is 32.3 Å². The molecule has 35 heavy (non-hydrogen) atoms. The molecule has 2 aromatic carbocycles. The van der Waals surface area contributed by atoms with Gasteiger partial charge in [0.05, 0.1) is 13.0 Å². The van der Waals surface area contributed by atoms with Gasteiger partial charge in [-0.25, -0.2) is 18.2 Å². The lowest BCUT2D eigenvalue weighted by molar-refractivity contribution is -0.153. The second-order valence-electron chi connectivity index (χ2n) is 8.08. The van der Waals surface area contributed by atoms with Gasteiger partial charge in [-0.2, -0.15) is 0 Å². The first-order chi connectivity index (χ1) is 16.6. The molecular weight excluding hydrogens is 463 g/mol. The van der Waals surface area contributed by atoms with Crippen molar-refractivity contribution in [1.29, 1.82) is 0 Å². The minimum atomic E-state index is -0.950. The third-order valence-corrected chi connectivity index (χ3v) is 5.56. The molecule has 0 spiro atoms. The van der Waals surface area contributed by atoms with E-state index in [-0.39, 0.29) is 23.4 Å². The van der Waals surface area contributed by atoms with Crippen molar-refractivity contribution in [3.05, 3.63) is 89.0 Å². The molecule has 0 aliphatic rings. The Hall–Kier alpha value is -3.88. The highest BCUT2D eigenvalue weighted by atomic mass is 19.1. The van der Waals surface area contributed by atoms with Crippen LogP contribution in [-0.2, 0) is 9.53 Å². The third kappa shape index (κ3) is 5.98. The number of Topliss-reactive ketones (excluding diaryl/α,β-unsaturated/α-hetero) is 1. The number of pyridine rings is 1. The molecule has 0 fully saturated rings. The van der Waals surface area contributed by atoms with E-state index in [1.165, 1.54) is 63.6 Å². The molecule has 6 nitrogen and oxygen atoms in total. The largest absolute Gasteiger partial charge is 0.503 e. The molecule has 9 heteroatoms. The zero-order valence-electron chi connectivity index (χ0n) is 19.3. The number of hydrogen-bond acceptors (Lipinski definition) is 6. The number of halogens is 3. The Balaban J connectivity index is 1.80. The summed E-state index contributed by atoms with van der Waals surface area (Å²) in [5.74, 6) is -5.62. The summed E-state index contributed by atoms with van der Waals surface area (Å²) in [6.07, 6.45) is 0.0288. The van der Waals surface area contributed by atoms with Crippen molar-refractivity contribution in [2.24, 2.45) is 5.92 Å². The Morgan fingerprint density at radius 3 is 2.29 bits per heavy atom. The molecule has 0 saturated carbocycles. The van der Waals surface area contributed by atoms with Crippen LogP contribution < -0.4 is 4.74 Å². The molecule has 1 N–H and O–H groups in total. The number of rotatable bonds is 9. The van der Waals surface area contributed by atoms with Crippen molar-refractivity contribution < 1.29 is 37.3 Å². The van der Waals surface area contributed by atoms with Crippen molar-refractivity contribution in [3.8, 4) is 11.5 Å². The average Bonchev–Trinajstić information content (AvgIpc) is 2.81. The van der Waals surface area contributed by atoms with E-state index in [0.717, 1.165) is 12.1 Å². The van der Waals surface area contributed by atoms with Crippen LogP contribution in [-0.4, -0.2) is 35.1 Å². The third-order valence-electron chi connectivity index (χ3n) is 5.56. The van der Waals surface area contributed by atoms with E-state index < -0.39 is 52.9 Å². The summed E-state index contributed by atoms with van der Waals surface area (Å²) < 4.78 is 52.1. The normalized spacial score (nSPS) is 13.5. The first-order valence-electron chi connectivity index (χ1n) is 10.8. The highest BCUT2D eigenvalue weighted by molar-refractivity contribution is 5.99. The Morgan fingerprint density at radius 1 is 1.00 bits per heavy atom. The molecule has 3 aromatic rings. The second-order valence-corrected chi connectivity index (χ2v) is 8.08. The summed E-state index contributed by atoms with van der Waals surface area (Å²) in [5.41, 5.74) is 0.272. The minimum Gasteiger partial charge on any atom is -0.503 e. The lowest BCUT2D eigenvalue weighted by Gasteiger charge is -2.26. The maximum absolute atomic E-state index is 14.6. The van der Waals surface area contributed by atoms with Crippen molar-refractivity contribution in [2.75, 3.05) is 7.11 Å². The van der Waals surface area contributed by atoms with Crippen LogP contribution in [0.4, 0.5) is 13.2 Å². The number of benzene rings is 2. The van der Waals surface area contributed by atoms with Crippen LogP contribution in [0.2, 0.25) is 0 Å². The number of carbonyl (C=O) groups excluding carboxylic acids is 2. The molecule has 0 aliphatic heterocycles. The van der Waals surface area contributed by atoms with Gasteiger partial charge in [0.15, 0.2) is 23.0 Å². The standard InChI is InChI=1S/C26H24F3NO5/c1-14(12-21(31)24-25(32)22(34-3)10-11-30-24)26(33)35-15(2)23(16-4-6-17(27)7-5-16)19-9-8-18(28)13-20(19)29/h4-11,13-15,23,32H,12H2,1-3H3/t14-,15+,23+/m1/s1. The van der Waals surface area contributed by atoms with Gasteiger partial charge in [0.25, 0.3) is 0 Å². The zero-order chi connectivity index (χ0) is 25.7. The lowest BCUT2D eigenvalue weighted by atomic mass is 9.86. The number of carbonyl (C=O) groups is 2. The van der Waals surface area contributed by atoms with Crippen LogP contribution in [0.5, 0.6) is 11.5 Å². The van der Waals surface area contributed by atoms with Gasteiger partial charge in [-0.15, -0.1) is 0 Å². The number of ketones is 1. The predicted octanol–water partition coefficient (Wildman–Crippen LogP) is 5.19. The van der Waals surface area contributed by atoms with Crippen LogP contribution in [0, 0.1) is 23.4 Å². The fourth-order valence-corrected chi connectivity index (χ4v) is 3.76. The number of esters is 1. The first-order valence-corrected chi connectivity index (χ1v) is 10.8. The van der Waals surface area contributed by atoms with Gasteiger partial charge in [0.1, 0.15) is 23.6 Å². The maximum atomic E-state index is 14.6. The van der Waals surface area contributed by atoms with Gasteiger partial charge in [0, 0.05) is 30.7 Å². The SMILES string of the molecule is COc1ccnc(C(=O)C[C@@H](C)C(=O)O[C@@H](C)[C@@H](c2ccc(F)cc2)c2ccc(F)cc2F)c1O.